The second-order valence-electron chi connectivity index (χ2n) is 7.17. The first-order chi connectivity index (χ1) is 13.2. The number of hydrogen-bond donors (Lipinski definition) is 1. The Morgan fingerprint density at radius 2 is 1.86 bits per heavy atom. The zero-order valence-electron chi connectivity index (χ0n) is 16.2. The van der Waals surface area contributed by atoms with Gasteiger partial charge in [0.1, 0.15) is 0 Å². The zero-order chi connectivity index (χ0) is 20.5. The minimum absolute atomic E-state index is 0.0423. The van der Waals surface area contributed by atoms with Gasteiger partial charge in [0.25, 0.3) is 0 Å². The monoisotopic (exact) mass is 424 g/mol. The number of aryl methyl sites for hydroxylation is 1. The van der Waals surface area contributed by atoms with Gasteiger partial charge in [-0.25, -0.2) is 8.42 Å². The molecule has 0 radical (unpaired) electrons. The zero-order valence-corrected chi connectivity index (χ0v) is 17.8. The van der Waals surface area contributed by atoms with E-state index in [0.29, 0.717) is 31.0 Å². The summed E-state index contributed by atoms with van der Waals surface area (Å²) in [6, 6.07) is 6.01. The fourth-order valence-corrected chi connectivity index (χ4v) is 5.06. The van der Waals surface area contributed by atoms with Crippen LogP contribution in [0.1, 0.15) is 37.1 Å². The van der Waals surface area contributed by atoms with Crippen LogP contribution in [0, 0.1) is 12.8 Å². The Balaban J connectivity index is 1.59. The van der Waals surface area contributed by atoms with Crippen molar-refractivity contribution < 1.29 is 13.2 Å². The maximum atomic E-state index is 12.8. The summed E-state index contributed by atoms with van der Waals surface area (Å²) in [7, 11) is -1.70. The van der Waals surface area contributed by atoms with Crippen LogP contribution in [0.25, 0.3) is 0 Å². The Morgan fingerprint density at radius 1 is 1.25 bits per heavy atom. The van der Waals surface area contributed by atoms with Gasteiger partial charge in [-0.3, -0.25) is 9.48 Å². The number of sulfonamides is 1. The van der Waals surface area contributed by atoms with E-state index < -0.39 is 10.0 Å². The number of rotatable bonds is 5. The molecule has 1 fully saturated rings. The molecule has 7 nitrogen and oxygen atoms in total. The molecule has 1 atom stereocenters. The average molecular weight is 425 g/mol. The quantitative estimate of drug-likeness (QED) is 0.799. The smallest absolute Gasteiger partial charge is 0.243 e. The Bertz CT molecular complexity index is 948. The lowest BCUT2D eigenvalue weighted by atomic mass is 9.96. The van der Waals surface area contributed by atoms with Gasteiger partial charge in [-0.2, -0.15) is 9.40 Å². The normalized spacial score (nSPS) is 17.4. The highest BCUT2D eigenvalue weighted by molar-refractivity contribution is 7.89. The molecule has 1 aromatic carbocycles. The van der Waals surface area contributed by atoms with Gasteiger partial charge in [0.15, 0.2) is 0 Å². The van der Waals surface area contributed by atoms with Crippen molar-refractivity contribution >= 4 is 27.5 Å². The van der Waals surface area contributed by atoms with Gasteiger partial charge in [0.2, 0.25) is 15.9 Å². The molecular formula is C19H25ClN4O3S. The third kappa shape index (κ3) is 4.24. The number of nitrogens with zero attached hydrogens (tertiary/aromatic N) is 3. The van der Waals surface area contributed by atoms with Crippen molar-refractivity contribution in [3.05, 3.63) is 46.7 Å². The number of halogens is 1. The summed E-state index contributed by atoms with van der Waals surface area (Å²) in [6.07, 6.45) is 2.76. The van der Waals surface area contributed by atoms with Crippen LogP contribution in [-0.4, -0.2) is 41.5 Å². The van der Waals surface area contributed by atoms with E-state index >= 15 is 0 Å². The first-order valence-electron chi connectivity index (χ1n) is 9.24. The molecule has 2 aromatic rings. The number of carbonyl (C=O) groups excluding carboxylic acids is 1. The largest absolute Gasteiger partial charge is 0.349 e. The van der Waals surface area contributed by atoms with Gasteiger partial charge < -0.3 is 5.32 Å². The molecule has 1 unspecified atom stereocenters. The van der Waals surface area contributed by atoms with Crippen LogP contribution >= 0.6 is 11.6 Å². The molecular weight excluding hydrogens is 400 g/mol. The first kappa shape index (κ1) is 20.8. The number of piperidine rings is 1. The van der Waals surface area contributed by atoms with Crippen LogP contribution in [0.3, 0.4) is 0 Å². The van der Waals surface area contributed by atoms with E-state index in [2.05, 4.69) is 10.4 Å². The molecule has 1 aromatic heterocycles. The van der Waals surface area contributed by atoms with Gasteiger partial charge >= 0.3 is 0 Å². The van der Waals surface area contributed by atoms with Gasteiger partial charge in [-0.1, -0.05) is 11.6 Å². The molecule has 152 valence electrons. The molecule has 1 saturated heterocycles. The van der Waals surface area contributed by atoms with Crippen LogP contribution in [0.4, 0.5) is 0 Å². The van der Waals surface area contributed by atoms with Gasteiger partial charge in [-0.15, -0.1) is 0 Å². The first-order valence-corrected chi connectivity index (χ1v) is 11.1. The summed E-state index contributed by atoms with van der Waals surface area (Å²) in [5.74, 6) is -0.240. The highest BCUT2D eigenvalue weighted by Crippen LogP contribution is 2.26. The number of nitrogens with one attached hydrogen (secondary N) is 1. The van der Waals surface area contributed by atoms with Gasteiger partial charge in [0, 0.05) is 42.3 Å². The molecule has 0 saturated carbocycles. The standard InChI is InChI=1S/C19H25ClN4O3S/c1-13(18-12-21-23(3)14(18)2)22-19(25)15-8-10-24(11-9-15)28(26,27)17-6-4-16(20)5-7-17/h4-7,12-13,15H,8-11H2,1-3H3,(H,22,25). The maximum absolute atomic E-state index is 12.8. The molecule has 0 aliphatic carbocycles. The van der Waals surface area contributed by atoms with Crippen molar-refractivity contribution in [3.63, 3.8) is 0 Å². The van der Waals surface area contributed by atoms with Crippen molar-refractivity contribution in [1.29, 1.82) is 0 Å². The van der Waals surface area contributed by atoms with E-state index in [-0.39, 0.29) is 22.8 Å². The summed E-state index contributed by atoms with van der Waals surface area (Å²) in [4.78, 5) is 12.9. The number of aromatic nitrogens is 2. The van der Waals surface area contributed by atoms with Crippen LogP contribution in [-0.2, 0) is 21.9 Å². The Hall–Kier alpha value is -1.90. The molecule has 1 aliphatic heterocycles. The predicted octanol–water partition coefficient (Wildman–Crippen LogP) is 2.66. The minimum Gasteiger partial charge on any atom is -0.349 e. The minimum atomic E-state index is -3.56. The molecule has 0 spiro atoms. The highest BCUT2D eigenvalue weighted by Gasteiger charge is 2.32. The van der Waals surface area contributed by atoms with E-state index in [0.717, 1.165) is 11.3 Å². The van der Waals surface area contributed by atoms with Crippen molar-refractivity contribution in [3.8, 4) is 0 Å². The summed E-state index contributed by atoms with van der Waals surface area (Å²) in [5, 5.41) is 7.74. The van der Waals surface area contributed by atoms with Crippen LogP contribution in [0.2, 0.25) is 5.02 Å². The van der Waals surface area contributed by atoms with Crippen molar-refractivity contribution in [2.45, 2.75) is 37.6 Å². The second-order valence-corrected chi connectivity index (χ2v) is 9.55. The molecule has 9 heteroatoms. The van der Waals surface area contributed by atoms with E-state index in [1.807, 2.05) is 20.9 Å². The third-order valence-electron chi connectivity index (χ3n) is 5.37. The molecule has 1 amide bonds. The van der Waals surface area contributed by atoms with Crippen molar-refractivity contribution in [2.24, 2.45) is 13.0 Å². The lowest BCUT2D eigenvalue weighted by Gasteiger charge is -2.31. The molecule has 0 bridgehead atoms. The number of hydrogen-bond acceptors (Lipinski definition) is 4. The number of carbonyl (C=O) groups is 1. The molecule has 28 heavy (non-hydrogen) atoms. The summed E-state index contributed by atoms with van der Waals surface area (Å²) in [5.41, 5.74) is 2.00. The predicted molar refractivity (Wildman–Crippen MR) is 107 cm³/mol. The van der Waals surface area contributed by atoms with Gasteiger partial charge in [-0.05, 0) is 51.0 Å². The van der Waals surface area contributed by atoms with E-state index in [4.69, 9.17) is 11.6 Å². The van der Waals surface area contributed by atoms with Crippen LogP contribution in [0.15, 0.2) is 35.4 Å². The van der Waals surface area contributed by atoms with Gasteiger partial charge in [0.05, 0.1) is 17.1 Å². The Morgan fingerprint density at radius 3 is 2.39 bits per heavy atom. The third-order valence-corrected chi connectivity index (χ3v) is 7.54. The van der Waals surface area contributed by atoms with Crippen molar-refractivity contribution in [1.82, 2.24) is 19.4 Å². The molecule has 1 aliphatic rings. The fourth-order valence-electron chi connectivity index (χ4n) is 3.46. The molecule has 2 heterocycles. The Labute approximate surface area is 170 Å². The SMILES string of the molecule is Cc1c(C(C)NC(=O)C2CCN(S(=O)(=O)c3ccc(Cl)cc3)CC2)cnn1C. The number of amides is 1. The van der Waals surface area contributed by atoms with Crippen LogP contribution < -0.4 is 5.32 Å². The lowest BCUT2D eigenvalue weighted by Crippen LogP contribution is -2.43. The topological polar surface area (TPSA) is 84.3 Å². The molecule has 1 N–H and O–H groups in total. The summed E-state index contributed by atoms with van der Waals surface area (Å²) < 4.78 is 28.7. The van der Waals surface area contributed by atoms with Crippen molar-refractivity contribution in [2.75, 3.05) is 13.1 Å². The highest BCUT2D eigenvalue weighted by atomic mass is 35.5. The summed E-state index contributed by atoms with van der Waals surface area (Å²) >= 11 is 5.84. The van der Waals surface area contributed by atoms with E-state index in [1.165, 1.54) is 16.4 Å². The maximum Gasteiger partial charge on any atom is 0.243 e. The second kappa shape index (κ2) is 8.23. The average Bonchev–Trinajstić information content (AvgIpc) is 3.01. The van der Waals surface area contributed by atoms with E-state index in [1.54, 1.807) is 23.0 Å². The summed E-state index contributed by atoms with van der Waals surface area (Å²) in [6.45, 7) is 4.54. The lowest BCUT2D eigenvalue weighted by molar-refractivity contribution is -0.126. The number of benzene rings is 1. The molecule has 3 rings (SSSR count). The Kier molecular flexibility index (Phi) is 6.12. The van der Waals surface area contributed by atoms with E-state index in [9.17, 15) is 13.2 Å². The van der Waals surface area contributed by atoms with Crippen LogP contribution in [0.5, 0.6) is 0 Å². The fraction of sp³-hybridized carbons (Fsp3) is 0.474.